The fourth-order valence-corrected chi connectivity index (χ4v) is 1.01. The van der Waals surface area contributed by atoms with Gasteiger partial charge in [-0.15, -0.1) is 0 Å². The molecule has 6 heteroatoms. The minimum atomic E-state index is -0.221. The summed E-state index contributed by atoms with van der Waals surface area (Å²) in [6.07, 6.45) is 0. The normalized spacial score (nSPS) is 10.6. The summed E-state index contributed by atoms with van der Waals surface area (Å²) in [6, 6.07) is 0. The highest BCUT2D eigenvalue weighted by Crippen LogP contribution is 1.86. The van der Waals surface area contributed by atoms with Gasteiger partial charge in [-0.25, -0.2) is 0 Å². The van der Waals surface area contributed by atoms with E-state index < -0.39 is 0 Å². The second-order valence-corrected chi connectivity index (χ2v) is 2.80. The predicted molar refractivity (Wildman–Crippen MR) is 50.7 cm³/mol. The Hall–Kier alpha value is -0.690. The van der Waals surface area contributed by atoms with Crippen molar-refractivity contribution in [2.75, 3.05) is 46.0 Å². The van der Waals surface area contributed by atoms with Gasteiger partial charge in [0.05, 0.1) is 26.4 Å². The summed E-state index contributed by atoms with van der Waals surface area (Å²) in [5.74, 6) is -0.221. The minimum absolute atomic E-state index is 0.0483. The molecule has 0 atom stereocenters. The second-order valence-electron chi connectivity index (χ2n) is 2.80. The van der Waals surface area contributed by atoms with Gasteiger partial charge in [0.25, 0.3) is 0 Å². The molecular formula is C8H18N2O4. The van der Waals surface area contributed by atoms with Crippen LogP contribution in [0.25, 0.3) is 0 Å². The maximum Gasteiger partial charge on any atom is 0.234 e. The van der Waals surface area contributed by atoms with Gasteiger partial charge in [0, 0.05) is 19.6 Å². The molecule has 0 saturated heterocycles. The van der Waals surface area contributed by atoms with E-state index in [0.717, 1.165) is 0 Å². The lowest BCUT2D eigenvalue weighted by Crippen LogP contribution is -2.40. The van der Waals surface area contributed by atoms with Crippen molar-refractivity contribution in [2.24, 2.45) is 0 Å². The second kappa shape index (κ2) is 8.89. The quantitative estimate of drug-likeness (QED) is 0.349. The highest BCUT2D eigenvalue weighted by Gasteiger charge is 2.08. The van der Waals surface area contributed by atoms with Crippen molar-refractivity contribution in [1.82, 2.24) is 10.2 Å². The zero-order valence-corrected chi connectivity index (χ0v) is 8.15. The van der Waals surface area contributed by atoms with Gasteiger partial charge in [0.15, 0.2) is 0 Å². The Labute approximate surface area is 83.1 Å². The van der Waals surface area contributed by atoms with E-state index in [2.05, 4.69) is 5.32 Å². The Morgan fingerprint density at radius 2 is 1.64 bits per heavy atom. The monoisotopic (exact) mass is 206 g/mol. The van der Waals surface area contributed by atoms with Crippen LogP contribution >= 0.6 is 0 Å². The van der Waals surface area contributed by atoms with Crippen LogP contribution in [0.15, 0.2) is 0 Å². The first-order valence-corrected chi connectivity index (χ1v) is 4.56. The molecule has 0 aliphatic rings. The van der Waals surface area contributed by atoms with Crippen LogP contribution in [0, 0.1) is 0 Å². The highest BCUT2D eigenvalue weighted by molar-refractivity contribution is 5.77. The van der Waals surface area contributed by atoms with E-state index >= 15 is 0 Å². The average molecular weight is 206 g/mol. The molecule has 84 valence electrons. The zero-order valence-electron chi connectivity index (χ0n) is 8.15. The van der Waals surface area contributed by atoms with E-state index in [1.54, 1.807) is 4.90 Å². The minimum Gasteiger partial charge on any atom is -0.395 e. The summed E-state index contributed by atoms with van der Waals surface area (Å²) in [5.41, 5.74) is 0. The molecule has 0 aliphatic carbocycles. The maximum atomic E-state index is 11.1. The van der Waals surface area contributed by atoms with Crippen LogP contribution in [0.5, 0.6) is 0 Å². The average Bonchev–Trinajstić information content (AvgIpc) is 2.15. The smallest absolute Gasteiger partial charge is 0.234 e. The number of carbonyl (C=O) groups excluding carboxylic acids is 1. The molecule has 0 saturated carbocycles. The van der Waals surface area contributed by atoms with Crippen molar-refractivity contribution < 1.29 is 20.1 Å². The van der Waals surface area contributed by atoms with Gasteiger partial charge in [-0.05, 0) is 0 Å². The Kier molecular flexibility index (Phi) is 8.45. The molecule has 14 heavy (non-hydrogen) atoms. The van der Waals surface area contributed by atoms with E-state index in [-0.39, 0.29) is 38.8 Å². The number of aliphatic hydroxyl groups is 3. The maximum absolute atomic E-state index is 11.1. The van der Waals surface area contributed by atoms with Crippen molar-refractivity contribution in [3.63, 3.8) is 0 Å². The van der Waals surface area contributed by atoms with Gasteiger partial charge in [-0.1, -0.05) is 0 Å². The summed E-state index contributed by atoms with van der Waals surface area (Å²) >= 11 is 0. The Bertz CT molecular complexity index is 148. The van der Waals surface area contributed by atoms with Crippen LogP contribution in [-0.4, -0.2) is 72.1 Å². The van der Waals surface area contributed by atoms with E-state index in [1.165, 1.54) is 0 Å². The molecule has 6 nitrogen and oxygen atoms in total. The molecule has 0 bridgehead atoms. The molecule has 0 aromatic carbocycles. The van der Waals surface area contributed by atoms with Crippen molar-refractivity contribution >= 4 is 5.91 Å². The largest absolute Gasteiger partial charge is 0.395 e. The van der Waals surface area contributed by atoms with E-state index in [9.17, 15) is 4.79 Å². The third kappa shape index (κ3) is 6.79. The first-order chi connectivity index (χ1) is 6.74. The molecule has 0 aliphatic heterocycles. The Morgan fingerprint density at radius 3 is 2.07 bits per heavy atom. The van der Waals surface area contributed by atoms with Crippen molar-refractivity contribution in [2.45, 2.75) is 0 Å². The van der Waals surface area contributed by atoms with Gasteiger partial charge in [-0.2, -0.15) is 0 Å². The lowest BCUT2D eigenvalue weighted by atomic mass is 10.4. The highest BCUT2D eigenvalue weighted by atomic mass is 16.3. The van der Waals surface area contributed by atoms with Crippen molar-refractivity contribution in [3.8, 4) is 0 Å². The number of nitrogens with zero attached hydrogens (tertiary/aromatic N) is 1. The van der Waals surface area contributed by atoms with Crippen LogP contribution < -0.4 is 5.32 Å². The van der Waals surface area contributed by atoms with Gasteiger partial charge in [0.1, 0.15) is 0 Å². The third-order valence-corrected chi connectivity index (χ3v) is 1.63. The van der Waals surface area contributed by atoms with Gasteiger partial charge in [-0.3, -0.25) is 9.69 Å². The predicted octanol–water partition coefficient (Wildman–Crippen LogP) is -2.62. The summed E-state index contributed by atoms with van der Waals surface area (Å²) in [5, 5.41) is 28.2. The first-order valence-electron chi connectivity index (χ1n) is 4.56. The molecule has 0 fully saturated rings. The Morgan fingerprint density at radius 1 is 1.07 bits per heavy atom. The zero-order chi connectivity index (χ0) is 10.8. The molecule has 0 radical (unpaired) electrons. The molecule has 0 unspecified atom stereocenters. The fraction of sp³-hybridized carbons (Fsp3) is 0.875. The fourth-order valence-electron chi connectivity index (χ4n) is 1.01. The lowest BCUT2D eigenvalue weighted by Gasteiger charge is -2.19. The summed E-state index contributed by atoms with van der Waals surface area (Å²) in [6.45, 7) is 0.874. The van der Waals surface area contributed by atoms with Crippen LogP contribution in [-0.2, 0) is 4.79 Å². The number of carbonyl (C=O) groups is 1. The van der Waals surface area contributed by atoms with Crippen molar-refractivity contribution in [1.29, 1.82) is 0 Å². The SMILES string of the molecule is O=C(CN(CCO)CCO)NCCO. The number of rotatable bonds is 8. The number of hydrogen-bond acceptors (Lipinski definition) is 5. The van der Waals surface area contributed by atoms with Gasteiger partial charge in [0.2, 0.25) is 5.91 Å². The van der Waals surface area contributed by atoms with Crippen molar-refractivity contribution in [3.05, 3.63) is 0 Å². The molecule has 4 N–H and O–H groups in total. The number of hydrogen-bond donors (Lipinski definition) is 4. The standard InChI is InChI=1S/C8H18N2O4/c11-4-1-9-8(14)7-10(2-5-12)3-6-13/h11-13H,1-7H2,(H,9,14). The molecule has 1 amide bonds. The molecule has 0 aromatic rings. The molecular weight excluding hydrogens is 188 g/mol. The summed E-state index contributed by atoms with van der Waals surface area (Å²) in [7, 11) is 0. The lowest BCUT2D eigenvalue weighted by molar-refractivity contribution is -0.122. The number of aliphatic hydroxyl groups excluding tert-OH is 3. The van der Waals surface area contributed by atoms with Crippen LogP contribution in [0.1, 0.15) is 0 Å². The number of amides is 1. The summed E-state index contributed by atoms with van der Waals surface area (Å²) < 4.78 is 0. The van der Waals surface area contributed by atoms with Crippen LogP contribution in [0.3, 0.4) is 0 Å². The van der Waals surface area contributed by atoms with E-state index in [1.807, 2.05) is 0 Å². The Balaban J connectivity index is 3.71. The van der Waals surface area contributed by atoms with Crippen LogP contribution in [0.4, 0.5) is 0 Å². The van der Waals surface area contributed by atoms with Crippen LogP contribution in [0.2, 0.25) is 0 Å². The molecule has 0 spiro atoms. The molecule has 0 rings (SSSR count). The summed E-state index contributed by atoms with van der Waals surface area (Å²) in [4.78, 5) is 12.8. The third-order valence-electron chi connectivity index (χ3n) is 1.63. The van der Waals surface area contributed by atoms with Gasteiger partial charge < -0.3 is 20.6 Å². The molecule has 0 aromatic heterocycles. The van der Waals surface area contributed by atoms with E-state index in [4.69, 9.17) is 15.3 Å². The van der Waals surface area contributed by atoms with E-state index in [0.29, 0.717) is 13.1 Å². The van der Waals surface area contributed by atoms with Gasteiger partial charge >= 0.3 is 0 Å². The first kappa shape index (κ1) is 13.3. The molecule has 0 heterocycles. The topological polar surface area (TPSA) is 93.0 Å². The number of nitrogens with one attached hydrogen (secondary N) is 1.